The van der Waals surface area contributed by atoms with Gasteiger partial charge in [-0.15, -0.1) is 0 Å². The van der Waals surface area contributed by atoms with E-state index in [0.717, 1.165) is 38.4 Å². The SMILES string of the molecule is COc1ccc(C(F)(F)F)c(-c2ccc(-c3cc(Br)c(-c4ccccc4C)cc3OC)cc2OC)c1. The van der Waals surface area contributed by atoms with Crippen molar-refractivity contribution in [2.24, 2.45) is 0 Å². The molecule has 0 aliphatic carbocycles. The van der Waals surface area contributed by atoms with Crippen LogP contribution in [0.2, 0.25) is 0 Å². The molecular formula is C29H24BrF3O3. The molecule has 0 N–H and O–H groups in total. The molecule has 36 heavy (non-hydrogen) atoms. The maximum absolute atomic E-state index is 13.8. The summed E-state index contributed by atoms with van der Waals surface area (Å²) in [5.41, 5.74) is 4.20. The van der Waals surface area contributed by atoms with Crippen molar-refractivity contribution in [1.29, 1.82) is 0 Å². The van der Waals surface area contributed by atoms with Crippen molar-refractivity contribution < 1.29 is 27.4 Å². The molecule has 0 radical (unpaired) electrons. The number of halogens is 4. The largest absolute Gasteiger partial charge is 0.497 e. The number of alkyl halides is 3. The van der Waals surface area contributed by atoms with Crippen LogP contribution in [0.25, 0.3) is 33.4 Å². The molecule has 0 atom stereocenters. The topological polar surface area (TPSA) is 27.7 Å². The molecule has 186 valence electrons. The average Bonchev–Trinajstić information content (AvgIpc) is 2.87. The van der Waals surface area contributed by atoms with E-state index in [1.807, 2.05) is 43.3 Å². The average molecular weight is 557 g/mol. The van der Waals surface area contributed by atoms with Crippen LogP contribution in [-0.2, 0) is 6.18 Å². The fraction of sp³-hybridized carbons (Fsp3) is 0.172. The van der Waals surface area contributed by atoms with Gasteiger partial charge in [0.25, 0.3) is 0 Å². The lowest BCUT2D eigenvalue weighted by molar-refractivity contribution is -0.137. The summed E-state index contributed by atoms with van der Waals surface area (Å²) in [4.78, 5) is 0. The summed E-state index contributed by atoms with van der Waals surface area (Å²) in [6.45, 7) is 2.04. The Balaban J connectivity index is 1.86. The molecule has 0 aromatic heterocycles. The number of hydrogen-bond donors (Lipinski definition) is 0. The van der Waals surface area contributed by atoms with E-state index in [0.29, 0.717) is 22.8 Å². The normalized spacial score (nSPS) is 11.3. The van der Waals surface area contributed by atoms with E-state index >= 15 is 0 Å². The van der Waals surface area contributed by atoms with Gasteiger partial charge in [-0.2, -0.15) is 13.2 Å². The molecule has 0 aliphatic rings. The number of hydrogen-bond acceptors (Lipinski definition) is 3. The third-order valence-electron chi connectivity index (χ3n) is 6.06. The fourth-order valence-corrected chi connectivity index (χ4v) is 4.79. The van der Waals surface area contributed by atoms with Crippen LogP contribution in [0.15, 0.2) is 77.3 Å². The van der Waals surface area contributed by atoms with E-state index in [1.54, 1.807) is 25.3 Å². The molecule has 4 rings (SSSR count). The van der Waals surface area contributed by atoms with Crippen LogP contribution in [0.4, 0.5) is 13.2 Å². The standard InChI is InChI=1S/C29H24BrF3O3/c1-17-7-5-6-8-20(17)24-16-28(36-4)22(15-26(24)30)18-9-11-21(27(13-18)35-3)23-14-19(34-2)10-12-25(23)29(31,32)33/h5-16H,1-4H3. The van der Waals surface area contributed by atoms with Crippen molar-refractivity contribution in [2.45, 2.75) is 13.1 Å². The predicted octanol–water partition coefficient (Wildman–Crippen LogP) is 8.80. The van der Waals surface area contributed by atoms with Crippen molar-refractivity contribution in [3.63, 3.8) is 0 Å². The minimum Gasteiger partial charge on any atom is -0.497 e. The van der Waals surface area contributed by atoms with E-state index in [2.05, 4.69) is 15.9 Å². The van der Waals surface area contributed by atoms with Crippen molar-refractivity contribution in [3.05, 3.63) is 88.4 Å². The molecule has 4 aromatic carbocycles. The predicted molar refractivity (Wildman–Crippen MR) is 140 cm³/mol. The summed E-state index contributed by atoms with van der Waals surface area (Å²) in [6.07, 6.45) is -4.54. The number of benzene rings is 4. The van der Waals surface area contributed by atoms with E-state index in [1.165, 1.54) is 26.4 Å². The molecule has 0 fully saturated rings. The molecule has 0 spiro atoms. The van der Waals surface area contributed by atoms with Crippen LogP contribution in [0, 0.1) is 6.92 Å². The summed E-state index contributed by atoms with van der Waals surface area (Å²) in [7, 11) is 4.44. The first kappa shape index (κ1) is 25.6. The molecule has 0 saturated heterocycles. The Kier molecular flexibility index (Phi) is 7.31. The Bertz CT molecular complexity index is 1410. The third kappa shape index (κ3) is 4.93. The Labute approximate surface area is 216 Å². The summed E-state index contributed by atoms with van der Waals surface area (Å²) >= 11 is 3.69. The van der Waals surface area contributed by atoms with Crippen molar-refractivity contribution >= 4 is 15.9 Å². The van der Waals surface area contributed by atoms with E-state index in [-0.39, 0.29) is 5.56 Å². The van der Waals surface area contributed by atoms with Gasteiger partial charge in [0, 0.05) is 21.2 Å². The van der Waals surface area contributed by atoms with Crippen LogP contribution >= 0.6 is 15.9 Å². The Morgan fingerprint density at radius 3 is 1.97 bits per heavy atom. The first-order valence-electron chi connectivity index (χ1n) is 11.1. The molecule has 0 heterocycles. The second-order valence-corrected chi connectivity index (χ2v) is 9.03. The van der Waals surface area contributed by atoms with Crippen molar-refractivity contribution in [1.82, 2.24) is 0 Å². The number of rotatable bonds is 6. The van der Waals surface area contributed by atoms with Crippen LogP contribution in [0.3, 0.4) is 0 Å². The number of methoxy groups -OCH3 is 3. The highest BCUT2D eigenvalue weighted by Gasteiger charge is 2.34. The van der Waals surface area contributed by atoms with Gasteiger partial charge in [-0.25, -0.2) is 0 Å². The third-order valence-corrected chi connectivity index (χ3v) is 6.72. The van der Waals surface area contributed by atoms with Crippen LogP contribution < -0.4 is 14.2 Å². The Morgan fingerprint density at radius 2 is 1.33 bits per heavy atom. The zero-order chi connectivity index (χ0) is 26.0. The second kappa shape index (κ2) is 10.3. The highest BCUT2D eigenvalue weighted by atomic mass is 79.9. The molecule has 3 nitrogen and oxygen atoms in total. The molecule has 0 saturated carbocycles. The molecule has 4 aromatic rings. The van der Waals surface area contributed by atoms with Gasteiger partial charge >= 0.3 is 6.18 Å². The molecule has 0 unspecified atom stereocenters. The first-order valence-corrected chi connectivity index (χ1v) is 11.8. The van der Waals surface area contributed by atoms with E-state index in [4.69, 9.17) is 14.2 Å². The van der Waals surface area contributed by atoms with Gasteiger partial charge in [-0.1, -0.05) is 52.3 Å². The summed E-state index contributed by atoms with van der Waals surface area (Å²) < 4.78 is 58.7. The highest BCUT2D eigenvalue weighted by Crippen LogP contribution is 2.45. The summed E-state index contributed by atoms with van der Waals surface area (Å²) in [5, 5.41) is 0. The first-order chi connectivity index (χ1) is 17.2. The number of aryl methyl sites for hydroxylation is 1. The van der Waals surface area contributed by atoms with E-state index < -0.39 is 11.7 Å². The maximum atomic E-state index is 13.8. The molecule has 0 amide bonds. The lowest BCUT2D eigenvalue weighted by Crippen LogP contribution is -2.07. The van der Waals surface area contributed by atoms with Gasteiger partial charge in [0.15, 0.2) is 0 Å². The lowest BCUT2D eigenvalue weighted by Gasteiger charge is -2.18. The molecule has 7 heteroatoms. The molecule has 0 bridgehead atoms. The lowest BCUT2D eigenvalue weighted by atomic mass is 9.93. The molecule has 0 aliphatic heterocycles. The second-order valence-electron chi connectivity index (χ2n) is 8.17. The van der Waals surface area contributed by atoms with Gasteiger partial charge in [-0.05, 0) is 65.6 Å². The van der Waals surface area contributed by atoms with Gasteiger partial charge in [0.1, 0.15) is 17.2 Å². The fourth-order valence-electron chi connectivity index (χ4n) is 4.23. The summed E-state index contributed by atoms with van der Waals surface area (Å²) in [6, 6.07) is 20.7. The zero-order valence-electron chi connectivity index (χ0n) is 20.2. The van der Waals surface area contributed by atoms with Gasteiger partial charge in [-0.3, -0.25) is 0 Å². The minimum absolute atomic E-state index is 0.0201. The quantitative estimate of drug-likeness (QED) is 0.237. The van der Waals surface area contributed by atoms with Crippen molar-refractivity contribution in [2.75, 3.05) is 21.3 Å². The highest BCUT2D eigenvalue weighted by molar-refractivity contribution is 9.10. The Hall–Kier alpha value is -3.45. The van der Waals surface area contributed by atoms with Gasteiger partial charge < -0.3 is 14.2 Å². The van der Waals surface area contributed by atoms with Crippen LogP contribution in [0.5, 0.6) is 17.2 Å². The monoisotopic (exact) mass is 556 g/mol. The van der Waals surface area contributed by atoms with Crippen molar-refractivity contribution in [3.8, 4) is 50.6 Å². The summed E-state index contributed by atoms with van der Waals surface area (Å²) in [5.74, 6) is 1.25. The zero-order valence-corrected chi connectivity index (χ0v) is 21.8. The van der Waals surface area contributed by atoms with Gasteiger partial charge in [0.2, 0.25) is 0 Å². The van der Waals surface area contributed by atoms with E-state index in [9.17, 15) is 13.2 Å². The van der Waals surface area contributed by atoms with Crippen LogP contribution in [0.1, 0.15) is 11.1 Å². The maximum Gasteiger partial charge on any atom is 0.417 e. The minimum atomic E-state index is -4.54. The molecular weight excluding hydrogens is 533 g/mol. The Morgan fingerprint density at radius 1 is 0.639 bits per heavy atom. The van der Waals surface area contributed by atoms with Crippen LogP contribution in [-0.4, -0.2) is 21.3 Å². The van der Waals surface area contributed by atoms with Gasteiger partial charge in [0.05, 0.1) is 26.9 Å². The number of ether oxygens (including phenoxy) is 3. The smallest absolute Gasteiger partial charge is 0.417 e.